The fourth-order valence-electron chi connectivity index (χ4n) is 2.62. The third kappa shape index (κ3) is 3.28. The Bertz CT molecular complexity index is 1180. The SMILES string of the molecule is COc1ccc(-c2cc(C(=O)Nc3ccc4nc[nH]c(=O)c4c3)on2)cc1. The van der Waals surface area contributed by atoms with Crippen LogP contribution >= 0.6 is 0 Å². The van der Waals surface area contributed by atoms with Gasteiger partial charge >= 0.3 is 0 Å². The van der Waals surface area contributed by atoms with E-state index in [2.05, 4.69) is 20.4 Å². The van der Waals surface area contributed by atoms with Gasteiger partial charge in [0.25, 0.3) is 11.5 Å². The topological polar surface area (TPSA) is 110 Å². The molecule has 0 saturated heterocycles. The number of fused-ring (bicyclic) bond motifs is 1. The zero-order chi connectivity index (χ0) is 18.8. The molecule has 134 valence electrons. The van der Waals surface area contributed by atoms with Gasteiger partial charge in [-0.3, -0.25) is 9.59 Å². The molecular formula is C19H14N4O4. The fraction of sp³-hybridized carbons (Fsp3) is 0.0526. The number of nitrogens with zero attached hydrogens (tertiary/aromatic N) is 2. The minimum absolute atomic E-state index is 0.0565. The van der Waals surface area contributed by atoms with E-state index in [1.165, 1.54) is 6.33 Å². The number of hydrogen-bond acceptors (Lipinski definition) is 6. The largest absolute Gasteiger partial charge is 0.497 e. The minimum Gasteiger partial charge on any atom is -0.497 e. The van der Waals surface area contributed by atoms with Crippen LogP contribution in [0.15, 0.2) is 64.2 Å². The molecule has 0 atom stereocenters. The van der Waals surface area contributed by atoms with E-state index in [1.807, 2.05) is 12.1 Å². The van der Waals surface area contributed by atoms with Gasteiger partial charge in [0.1, 0.15) is 11.4 Å². The Morgan fingerprint density at radius 1 is 1.15 bits per heavy atom. The summed E-state index contributed by atoms with van der Waals surface area (Å²) in [6, 6.07) is 13.7. The third-order valence-electron chi connectivity index (χ3n) is 4.02. The number of hydrogen-bond donors (Lipinski definition) is 2. The first kappa shape index (κ1) is 16.5. The van der Waals surface area contributed by atoms with E-state index in [-0.39, 0.29) is 11.3 Å². The molecule has 27 heavy (non-hydrogen) atoms. The van der Waals surface area contributed by atoms with Gasteiger partial charge in [-0.2, -0.15) is 0 Å². The molecule has 0 bridgehead atoms. The zero-order valence-corrected chi connectivity index (χ0v) is 14.2. The monoisotopic (exact) mass is 362 g/mol. The van der Waals surface area contributed by atoms with Gasteiger partial charge < -0.3 is 19.6 Å². The first-order chi connectivity index (χ1) is 13.1. The number of carbonyl (C=O) groups excluding carboxylic acids is 1. The second kappa shape index (κ2) is 6.75. The highest BCUT2D eigenvalue weighted by Gasteiger charge is 2.15. The third-order valence-corrected chi connectivity index (χ3v) is 4.02. The molecule has 8 heteroatoms. The molecule has 4 rings (SSSR count). The van der Waals surface area contributed by atoms with Crippen molar-refractivity contribution in [2.24, 2.45) is 0 Å². The van der Waals surface area contributed by atoms with Crippen molar-refractivity contribution in [1.29, 1.82) is 0 Å². The van der Waals surface area contributed by atoms with Crippen molar-refractivity contribution in [2.45, 2.75) is 0 Å². The molecule has 0 saturated carbocycles. The highest BCUT2D eigenvalue weighted by atomic mass is 16.5. The quantitative estimate of drug-likeness (QED) is 0.578. The Morgan fingerprint density at radius 3 is 2.74 bits per heavy atom. The number of ether oxygens (including phenoxy) is 1. The molecule has 2 aromatic carbocycles. The van der Waals surface area contributed by atoms with Crippen molar-refractivity contribution < 1.29 is 14.1 Å². The van der Waals surface area contributed by atoms with Gasteiger partial charge in [0.15, 0.2) is 0 Å². The molecule has 0 aliphatic heterocycles. The van der Waals surface area contributed by atoms with E-state index >= 15 is 0 Å². The minimum atomic E-state index is -0.470. The molecule has 0 fully saturated rings. The number of rotatable bonds is 4. The van der Waals surface area contributed by atoms with Crippen LogP contribution < -0.4 is 15.6 Å². The Morgan fingerprint density at radius 2 is 1.96 bits per heavy atom. The molecule has 0 aliphatic rings. The maximum Gasteiger partial charge on any atom is 0.294 e. The molecule has 2 heterocycles. The van der Waals surface area contributed by atoms with Gasteiger partial charge in [0.2, 0.25) is 5.76 Å². The number of benzene rings is 2. The summed E-state index contributed by atoms with van der Waals surface area (Å²) in [5.41, 5.74) is 2.04. The van der Waals surface area contributed by atoms with Crippen LogP contribution in [0.4, 0.5) is 5.69 Å². The smallest absolute Gasteiger partial charge is 0.294 e. The number of aromatic amines is 1. The first-order valence-electron chi connectivity index (χ1n) is 8.04. The molecule has 1 amide bonds. The lowest BCUT2D eigenvalue weighted by atomic mass is 10.1. The second-order valence-corrected chi connectivity index (χ2v) is 5.72. The summed E-state index contributed by atoms with van der Waals surface area (Å²) in [6.07, 6.45) is 1.33. The van der Waals surface area contributed by atoms with Gasteiger partial charge in [-0.1, -0.05) is 5.16 Å². The molecule has 8 nitrogen and oxygen atoms in total. The van der Waals surface area contributed by atoms with E-state index in [4.69, 9.17) is 9.26 Å². The van der Waals surface area contributed by atoms with Crippen LogP contribution in [0, 0.1) is 0 Å². The average Bonchev–Trinajstić information content (AvgIpc) is 3.19. The fourth-order valence-corrected chi connectivity index (χ4v) is 2.62. The van der Waals surface area contributed by atoms with Crippen molar-refractivity contribution >= 4 is 22.5 Å². The summed E-state index contributed by atoms with van der Waals surface area (Å²) in [7, 11) is 1.59. The number of carbonyl (C=O) groups is 1. The van der Waals surface area contributed by atoms with E-state index in [0.717, 1.165) is 11.3 Å². The van der Waals surface area contributed by atoms with Gasteiger partial charge in [-0.15, -0.1) is 0 Å². The van der Waals surface area contributed by atoms with Crippen molar-refractivity contribution in [1.82, 2.24) is 15.1 Å². The van der Waals surface area contributed by atoms with E-state index in [9.17, 15) is 9.59 Å². The van der Waals surface area contributed by atoms with Gasteiger partial charge in [-0.25, -0.2) is 4.98 Å². The summed E-state index contributed by atoms with van der Waals surface area (Å²) in [4.78, 5) is 30.8. The standard InChI is InChI=1S/C19H14N4O4/c1-26-13-5-2-11(3-6-13)16-9-17(27-23-16)19(25)22-12-4-7-15-14(8-12)18(24)21-10-20-15/h2-10H,1H3,(H,22,25)(H,20,21,24). The predicted molar refractivity (Wildman–Crippen MR) is 98.8 cm³/mol. The molecule has 0 unspecified atom stereocenters. The van der Waals surface area contributed by atoms with Crippen LogP contribution in [0.1, 0.15) is 10.6 Å². The van der Waals surface area contributed by atoms with Crippen LogP contribution in [0.5, 0.6) is 5.75 Å². The average molecular weight is 362 g/mol. The molecule has 4 aromatic rings. The highest BCUT2D eigenvalue weighted by molar-refractivity contribution is 6.03. The van der Waals surface area contributed by atoms with Crippen molar-refractivity contribution in [2.75, 3.05) is 12.4 Å². The van der Waals surface area contributed by atoms with Crippen LogP contribution in [-0.2, 0) is 0 Å². The van der Waals surface area contributed by atoms with E-state index in [0.29, 0.717) is 22.3 Å². The summed E-state index contributed by atoms with van der Waals surface area (Å²) in [5.74, 6) is 0.309. The van der Waals surface area contributed by atoms with Crippen LogP contribution in [0.3, 0.4) is 0 Å². The van der Waals surface area contributed by atoms with Gasteiger partial charge in [0.05, 0.1) is 24.3 Å². The molecule has 2 aromatic heterocycles. The molecule has 0 spiro atoms. The zero-order valence-electron chi connectivity index (χ0n) is 14.2. The highest BCUT2D eigenvalue weighted by Crippen LogP contribution is 2.23. The van der Waals surface area contributed by atoms with Crippen molar-refractivity contribution in [3.8, 4) is 17.0 Å². The number of amides is 1. The van der Waals surface area contributed by atoms with Crippen LogP contribution in [0.2, 0.25) is 0 Å². The Kier molecular flexibility index (Phi) is 4.13. The van der Waals surface area contributed by atoms with Crippen molar-refractivity contribution in [3.05, 3.63) is 71.0 Å². The predicted octanol–water partition coefficient (Wildman–Crippen LogP) is 2.84. The van der Waals surface area contributed by atoms with Crippen LogP contribution in [-0.4, -0.2) is 28.1 Å². The van der Waals surface area contributed by atoms with Gasteiger partial charge in [-0.05, 0) is 42.5 Å². The molecule has 0 aliphatic carbocycles. The number of nitrogens with one attached hydrogen (secondary N) is 2. The number of anilines is 1. The summed E-state index contributed by atoms with van der Waals surface area (Å²) >= 11 is 0. The van der Waals surface area contributed by atoms with E-state index < -0.39 is 5.91 Å². The lowest BCUT2D eigenvalue weighted by Crippen LogP contribution is -2.12. The lowest BCUT2D eigenvalue weighted by Gasteiger charge is -2.03. The maximum atomic E-state index is 12.4. The van der Waals surface area contributed by atoms with E-state index in [1.54, 1.807) is 43.5 Å². The normalized spacial score (nSPS) is 10.7. The lowest BCUT2D eigenvalue weighted by molar-refractivity contribution is 0.0988. The molecule has 0 radical (unpaired) electrons. The molecule has 2 N–H and O–H groups in total. The Labute approximate surface area is 152 Å². The molecular weight excluding hydrogens is 348 g/mol. The Hall–Kier alpha value is -3.94. The number of aromatic nitrogens is 3. The summed E-state index contributed by atoms with van der Waals surface area (Å²) in [5, 5.41) is 7.00. The second-order valence-electron chi connectivity index (χ2n) is 5.72. The summed E-state index contributed by atoms with van der Waals surface area (Å²) < 4.78 is 10.3. The van der Waals surface area contributed by atoms with Gasteiger partial charge in [0, 0.05) is 17.3 Å². The van der Waals surface area contributed by atoms with Crippen molar-refractivity contribution in [3.63, 3.8) is 0 Å². The summed E-state index contributed by atoms with van der Waals surface area (Å²) in [6.45, 7) is 0. The Balaban J connectivity index is 1.56. The maximum absolute atomic E-state index is 12.4. The van der Waals surface area contributed by atoms with Crippen LogP contribution in [0.25, 0.3) is 22.2 Å². The number of H-pyrrole nitrogens is 1. The first-order valence-corrected chi connectivity index (χ1v) is 8.04. The number of methoxy groups -OCH3 is 1.